The number of aryl methyl sites for hydroxylation is 2. The van der Waals surface area contributed by atoms with Gasteiger partial charge in [-0.15, -0.1) is 0 Å². The van der Waals surface area contributed by atoms with Crippen molar-refractivity contribution >= 4 is 5.91 Å². The minimum absolute atomic E-state index is 0.116. The highest BCUT2D eigenvalue weighted by atomic mass is 16.5. The number of nitrogens with one attached hydrogen (secondary N) is 1. The molecule has 0 saturated carbocycles. The molecule has 1 N–H and O–H groups in total. The molecule has 0 aliphatic heterocycles. The van der Waals surface area contributed by atoms with Crippen LogP contribution < -0.4 is 5.32 Å². The van der Waals surface area contributed by atoms with Gasteiger partial charge in [0.15, 0.2) is 0 Å². The first-order chi connectivity index (χ1) is 8.68. The second kappa shape index (κ2) is 5.44. The maximum absolute atomic E-state index is 11.8. The van der Waals surface area contributed by atoms with Crippen molar-refractivity contribution in [1.29, 1.82) is 0 Å². The van der Waals surface area contributed by atoms with Gasteiger partial charge in [0.2, 0.25) is 0 Å². The third kappa shape index (κ3) is 2.74. The predicted molar refractivity (Wildman–Crippen MR) is 66.3 cm³/mol. The molecule has 18 heavy (non-hydrogen) atoms. The minimum Gasteiger partial charge on any atom is -0.361 e. The van der Waals surface area contributed by atoms with Crippen LogP contribution >= 0.6 is 0 Å². The summed E-state index contributed by atoms with van der Waals surface area (Å²) in [7, 11) is 0. The number of hydrogen-bond acceptors (Lipinski definition) is 4. The first kappa shape index (κ1) is 12.3. The molecule has 0 aliphatic rings. The number of carbonyl (C=O) groups excluding carboxylic acids is 1. The third-order valence-corrected chi connectivity index (χ3v) is 2.77. The summed E-state index contributed by atoms with van der Waals surface area (Å²) in [6.45, 7) is 4.32. The number of hydrogen-bond donors (Lipinski definition) is 1. The van der Waals surface area contributed by atoms with Crippen molar-refractivity contribution < 1.29 is 9.32 Å². The zero-order chi connectivity index (χ0) is 13.0. The van der Waals surface area contributed by atoms with Gasteiger partial charge in [-0.25, -0.2) is 0 Å². The fourth-order valence-electron chi connectivity index (χ4n) is 1.76. The number of carbonyl (C=O) groups is 1. The summed E-state index contributed by atoms with van der Waals surface area (Å²) < 4.78 is 5.06. The number of pyridine rings is 1. The zero-order valence-corrected chi connectivity index (χ0v) is 10.4. The highest BCUT2D eigenvalue weighted by Crippen LogP contribution is 2.12. The molecule has 0 aliphatic carbocycles. The Balaban J connectivity index is 1.88. The minimum atomic E-state index is -0.116. The molecule has 0 radical (unpaired) electrons. The van der Waals surface area contributed by atoms with Crippen LogP contribution in [0.4, 0.5) is 0 Å². The number of nitrogens with zero attached hydrogens (tertiary/aromatic N) is 2. The van der Waals surface area contributed by atoms with Gasteiger partial charge in [-0.1, -0.05) is 5.16 Å². The summed E-state index contributed by atoms with van der Waals surface area (Å²) in [6.07, 6.45) is 3.90. The second-order valence-electron chi connectivity index (χ2n) is 4.05. The van der Waals surface area contributed by atoms with Crippen molar-refractivity contribution in [2.45, 2.75) is 20.3 Å². The van der Waals surface area contributed by atoms with E-state index in [4.69, 9.17) is 4.52 Å². The van der Waals surface area contributed by atoms with E-state index in [0.29, 0.717) is 18.5 Å². The maximum Gasteiger partial charge on any atom is 0.252 e. The Morgan fingerprint density at radius 3 is 2.89 bits per heavy atom. The van der Waals surface area contributed by atoms with Gasteiger partial charge in [-0.05, 0) is 32.4 Å². The smallest absolute Gasteiger partial charge is 0.252 e. The highest BCUT2D eigenvalue weighted by Gasteiger charge is 2.09. The molecule has 0 fully saturated rings. The first-order valence-corrected chi connectivity index (χ1v) is 5.78. The average molecular weight is 245 g/mol. The van der Waals surface area contributed by atoms with Crippen LogP contribution in [-0.4, -0.2) is 22.6 Å². The van der Waals surface area contributed by atoms with Crippen LogP contribution in [0.2, 0.25) is 0 Å². The van der Waals surface area contributed by atoms with Crippen LogP contribution in [-0.2, 0) is 6.42 Å². The van der Waals surface area contributed by atoms with E-state index in [2.05, 4.69) is 15.5 Å². The van der Waals surface area contributed by atoms with Gasteiger partial charge in [-0.2, -0.15) is 0 Å². The van der Waals surface area contributed by atoms with Gasteiger partial charge >= 0.3 is 0 Å². The summed E-state index contributed by atoms with van der Waals surface area (Å²) in [5.41, 5.74) is 2.50. The Morgan fingerprint density at radius 2 is 2.28 bits per heavy atom. The van der Waals surface area contributed by atoms with E-state index in [1.54, 1.807) is 24.5 Å². The van der Waals surface area contributed by atoms with E-state index in [0.717, 1.165) is 17.0 Å². The molecule has 0 spiro atoms. The molecule has 5 nitrogen and oxygen atoms in total. The fraction of sp³-hybridized carbons (Fsp3) is 0.308. The van der Waals surface area contributed by atoms with Crippen LogP contribution in [0, 0.1) is 13.8 Å². The standard InChI is InChI=1S/C13H15N3O2/c1-9-12(10(2)18-16-9)5-7-15-13(17)11-4-3-6-14-8-11/h3-4,6,8H,5,7H2,1-2H3,(H,15,17). The topological polar surface area (TPSA) is 68.0 Å². The molecular weight excluding hydrogens is 230 g/mol. The Labute approximate surface area is 105 Å². The van der Waals surface area contributed by atoms with Crippen LogP contribution in [0.25, 0.3) is 0 Å². The van der Waals surface area contributed by atoms with Crippen LogP contribution in [0.3, 0.4) is 0 Å². The maximum atomic E-state index is 11.8. The summed E-state index contributed by atoms with van der Waals surface area (Å²) >= 11 is 0. The molecule has 0 unspecified atom stereocenters. The molecule has 2 aromatic rings. The van der Waals surface area contributed by atoms with E-state index in [1.807, 2.05) is 13.8 Å². The van der Waals surface area contributed by atoms with Crippen LogP contribution in [0.5, 0.6) is 0 Å². The SMILES string of the molecule is Cc1noc(C)c1CCNC(=O)c1cccnc1. The summed E-state index contributed by atoms with van der Waals surface area (Å²) in [6, 6.07) is 3.47. The van der Waals surface area contributed by atoms with Gasteiger partial charge in [-0.3, -0.25) is 9.78 Å². The molecule has 0 bridgehead atoms. The lowest BCUT2D eigenvalue weighted by Crippen LogP contribution is -2.25. The molecule has 2 heterocycles. The fourth-order valence-corrected chi connectivity index (χ4v) is 1.76. The van der Waals surface area contributed by atoms with Gasteiger partial charge < -0.3 is 9.84 Å². The van der Waals surface area contributed by atoms with Crippen LogP contribution in [0.1, 0.15) is 27.4 Å². The summed E-state index contributed by atoms with van der Waals surface area (Å²) in [5, 5.41) is 6.72. The zero-order valence-electron chi connectivity index (χ0n) is 10.4. The molecule has 0 saturated heterocycles. The summed E-state index contributed by atoms with van der Waals surface area (Å²) in [5.74, 6) is 0.693. The monoisotopic (exact) mass is 245 g/mol. The van der Waals surface area contributed by atoms with Crippen molar-refractivity contribution in [3.63, 3.8) is 0 Å². The molecule has 94 valence electrons. The molecule has 2 aromatic heterocycles. The lowest BCUT2D eigenvalue weighted by molar-refractivity contribution is 0.0953. The highest BCUT2D eigenvalue weighted by molar-refractivity contribution is 5.93. The lowest BCUT2D eigenvalue weighted by atomic mass is 10.1. The van der Waals surface area contributed by atoms with Crippen molar-refractivity contribution in [1.82, 2.24) is 15.5 Å². The lowest BCUT2D eigenvalue weighted by Gasteiger charge is -2.04. The first-order valence-electron chi connectivity index (χ1n) is 5.78. The Hall–Kier alpha value is -2.17. The summed E-state index contributed by atoms with van der Waals surface area (Å²) in [4.78, 5) is 15.7. The second-order valence-corrected chi connectivity index (χ2v) is 4.05. The van der Waals surface area contributed by atoms with Crippen molar-refractivity contribution in [3.8, 4) is 0 Å². The average Bonchev–Trinajstić information content (AvgIpc) is 2.71. The van der Waals surface area contributed by atoms with E-state index >= 15 is 0 Å². The molecular formula is C13H15N3O2. The van der Waals surface area contributed by atoms with Crippen molar-refractivity contribution in [2.24, 2.45) is 0 Å². The van der Waals surface area contributed by atoms with Gasteiger partial charge in [0.05, 0.1) is 11.3 Å². The van der Waals surface area contributed by atoms with E-state index < -0.39 is 0 Å². The molecule has 1 amide bonds. The van der Waals surface area contributed by atoms with Gasteiger partial charge in [0.25, 0.3) is 5.91 Å². The largest absolute Gasteiger partial charge is 0.361 e. The molecule has 0 atom stereocenters. The van der Waals surface area contributed by atoms with E-state index in [1.165, 1.54) is 0 Å². The number of rotatable bonds is 4. The van der Waals surface area contributed by atoms with Crippen molar-refractivity contribution in [3.05, 3.63) is 47.1 Å². The van der Waals surface area contributed by atoms with Crippen LogP contribution in [0.15, 0.2) is 29.0 Å². The third-order valence-electron chi connectivity index (χ3n) is 2.77. The van der Waals surface area contributed by atoms with E-state index in [-0.39, 0.29) is 5.91 Å². The quantitative estimate of drug-likeness (QED) is 0.889. The van der Waals surface area contributed by atoms with Gasteiger partial charge in [0.1, 0.15) is 5.76 Å². The number of aromatic nitrogens is 2. The van der Waals surface area contributed by atoms with Gasteiger partial charge in [0, 0.05) is 24.5 Å². The van der Waals surface area contributed by atoms with Crippen molar-refractivity contribution in [2.75, 3.05) is 6.54 Å². The Kier molecular flexibility index (Phi) is 3.72. The molecule has 0 aromatic carbocycles. The predicted octanol–water partition coefficient (Wildman–Crippen LogP) is 1.66. The molecule has 5 heteroatoms. The number of amides is 1. The Bertz CT molecular complexity index is 515. The normalized spacial score (nSPS) is 10.3. The Morgan fingerprint density at radius 1 is 1.44 bits per heavy atom. The van der Waals surface area contributed by atoms with E-state index in [9.17, 15) is 4.79 Å². The molecule has 2 rings (SSSR count).